The predicted octanol–water partition coefficient (Wildman–Crippen LogP) is 3.81. The van der Waals surface area contributed by atoms with Crippen molar-refractivity contribution in [3.05, 3.63) is 59.4 Å². The van der Waals surface area contributed by atoms with Crippen LogP contribution >= 0.6 is 0 Å². The Kier molecular flexibility index (Phi) is 6.19. The summed E-state index contributed by atoms with van der Waals surface area (Å²) >= 11 is 0. The lowest BCUT2D eigenvalue weighted by atomic mass is 10.0. The number of amides is 1. The number of likely N-dealkylation sites (tertiary alicyclic amines) is 1. The van der Waals surface area contributed by atoms with Gasteiger partial charge in [-0.15, -0.1) is 0 Å². The molecule has 150 valence electrons. The summed E-state index contributed by atoms with van der Waals surface area (Å²) in [6.07, 6.45) is 1.80. The molecule has 1 fully saturated rings. The molecule has 1 aliphatic rings. The van der Waals surface area contributed by atoms with Gasteiger partial charge >= 0.3 is 0 Å². The van der Waals surface area contributed by atoms with E-state index < -0.39 is 6.04 Å². The highest BCUT2D eigenvalue weighted by Gasteiger charge is 2.36. The number of carbonyl (C=O) groups excluding carboxylic acids is 1. The Morgan fingerprint density at radius 2 is 1.86 bits per heavy atom. The van der Waals surface area contributed by atoms with Crippen LogP contribution in [0.1, 0.15) is 36.1 Å². The summed E-state index contributed by atoms with van der Waals surface area (Å²) in [6.45, 7) is 0.685. The number of methoxy groups -OCH3 is 2. The molecule has 0 aromatic heterocycles. The van der Waals surface area contributed by atoms with Gasteiger partial charge in [-0.2, -0.15) is 0 Å². The third kappa shape index (κ3) is 3.97. The molecule has 2 aromatic carbocycles. The van der Waals surface area contributed by atoms with Crippen molar-refractivity contribution in [2.24, 2.45) is 0 Å². The van der Waals surface area contributed by atoms with Crippen molar-refractivity contribution in [3.63, 3.8) is 0 Å². The number of likely N-dealkylation sites (N-methyl/N-ethyl adjacent to an activating group) is 1. The molecule has 0 unspecified atom stereocenters. The maximum Gasteiger partial charge on any atom is 0.245 e. The van der Waals surface area contributed by atoms with Crippen LogP contribution in [0.3, 0.4) is 0 Å². The van der Waals surface area contributed by atoms with Crippen LogP contribution < -0.4 is 9.47 Å². The zero-order chi connectivity index (χ0) is 20.3. The Morgan fingerprint density at radius 3 is 2.46 bits per heavy atom. The van der Waals surface area contributed by atoms with E-state index in [1.54, 1.807) is 26.4 Å². The lowest BCUT2D eigenvalue weighted by Gasteiger charge is -2.33. The predicted molar refractivity (Wildman–Crippen MR) is 106 cm³/mol. The van der Waals surface area contributed by atoms with Gasteiger partial charge in [0.25, 0.3) is 0 Å². The van der Waals surface area contributed by atoms with Crippen molar-refractivity contribution in [1.29, 1.82) is 0 Å². The zero-order valence-corrected chi connectivity index (χ0v) is 16.8. The van der Waals surface area contributed by atoms with Crippen LogP contribution in [0.15, 0.2) is 42.5 Å². The van der Waals surface area contributed by atoms with E-state index in [2.05, 4.69) is 0 Å². The topological polar surface area (TPSA) is 42.0 Å². The molecule has 0 bridgehead atoms. The average Bonchev–Trinajstić information content (AvgIpc) is 3.18. The molecule has 0 N–H and O–H groups in total. The van der Waals surface area contributed by atoms with Crippen LogP contribution in [0.2, 0.25) is 0 Å². The van der Waals surface area contributed by atoms with Crippen LogP contribution in [0.5, 0.6) is 11.5 Å². The fraction of sp³-hybridized carbons (Fsp3) is 0.409. The highest BCUT2D eigenvalue weighted by Crippen LogP contribution is 2.40. The molecule has 0 aliphatic carbocycles. The van der Waals surface area contributed by atoms with E-state index in [1.165, 1.54) is 12.1 Å². The standard InChI is InChI=1S/C22H27FN2O3/c1-24(2)21(15-7-9-16(23)10-8-15)22(26)25-13-5-6-19(25)18-12-11-17(27-3)14-20(18)28-4/h7-12,14,19,21H,5-6,13H2,1-4H3/t19-,21+/m0/s1. The number of carbonyl (C=O) groups is 1. The van der Waals surface area contributed by atoms with E-state index in [4.69, 9.17) is 9.47 Å². The molecule has 1 saturated heterocycles. The van der Waals surface area contributed by atoms with Crippen LogP contribution in [0.25, 0.3) is 0 Å². The average molecular weight is 386 g/mol. The molecule has 1 aliphatic heterocycles. The second kappa shape index (κ2) is 8.61. The molecule has 3 rings (SSSR count). The van der Waals surface area contributed by atoms with Crippen molar-refractivity contribution in [3.8, 4) is 11.5 Å². The molecule has 2 aromatic rings. The fourth-order valence-electron chi connectivity index (χ4n) is 3.91. The van der Waals surface area contributed by atoms with Gasteiger partial charge in [0.2, 0.25) is 5.91 Å². The Hall–Kier alpha value is -2.60. The van der Waals surface area contributed by atoms with Crippen molar-refractivity contribution < 1.29 is 18.7 Å². The third-order valence-corrected chi connectivity index (χ3v) is 5.27. The van der Waals surface area contributed by atoms with Crippen LogP contribution in [0, 0.1) is 5.82 Å². The number of hydrogen-bond acceptors (Lipinski definition) is 4. The van der Waals surface area contributed by atoms with Gasteiger partial charge in [0.15, 0.2) is 0 Å². The summed E-state index contributed by atoms with van der Waals surface area (Å²) in [6, 6.07) is 11.3. The first kappa shape index (κ1) is 20.1. The van der Waals surface area contributed by atoms with Gasteiger partial charge in [-0.25, -0.2) is 4.39 Å². The summed E-state index contributed by atoms with van der Waals surface area (Å²) in [5.41, 5.74) is 1.76. The monoisotopic (exact) mass is 386 g/mol. The van der Waals surface area contributed by atoms with Gasteiger partial charge in [0, 0.05) is 18.2 Å². The largest absolute Gasteiger partial charge is 0.497 e. The smallest absolute Gasteiger partial charge is 0.245 e. The van der Waals surface area contributed by atoms with Crippen LogP contribution in [-0.4, -0.2) is 50.6 Å². The minimum atomic E-state index is -0.467. The lowest BCUT2D eigenvalue weighted by Crippen LogP contribution is -2.40. The van der Waals surface area contributed by atoms with Crippen molar-refractivity contribution in [1.82, 2.24) is 9.80 Å². The molecule has 0 radical (unpaired) electrons. The summed E-state index contributed by atoms with van der Waals surface area (Å²) in [7, 11) is 6.97. The maximum absolute atomic E-state index is 13.5. The fourth-order valence-corrected chi connectivity index (χ4v) is 3.91. The molecule has 28 heavy (non-hydrogen) atoms. The number of nitrogens with zero attached hydrogens (tertiary/aromatic N) is 2. The first-order valence-electron chi connectivity index (χ1n) is 9.40. The number of ether oxygens (including phenoxy) is 2. The number of rotatable bonds is 6. The van der Waals surface area contributed by atoms with E-state index in [0.717, 1.165) is 24.0 Å². The van der Waals surface area contributed by atoms with Crippen molar-refractivity contribution in [2.75, 3.05) is 34.9 Å². The Labute approximate surface area is 165 Å². The molecule has 0 spiro atoms. The highest BCUT2D eigenvalue weighted by atomic mass is 19.1. The lowest BCUT2D eigenvalue weighted by molar-refractivity contribution is -0.137. The second-order valence-electron chi connectivity index (χ2n) is 7.22. The highest BCUT2D eigenvalue weighted by molar-refractivity contribution is 5.84. The van der Waals surface area contributed by atoms with E-state index >= 15 is 0 Å². The third-order valence-electron chi connectivity index (χ3n) is 5.27. The van der Waals surface area contributed by atoms with Gasteiger partial charge in [-0.05, 0) is 56.8 Å². The van der Waals surface area contributed by atoms with Gasteiger partial charge in [0.05, 0.1) is 20.3 Å². The number of benzene rings is 2. The molecular weight excluding hydrogens is 359 g/mol. The van der Waals surface area contributed by atoms with Crippen LogP contribution in [-0.2, 0) is 4.79 Å². The first-order chi connectivity index (χ1) is 13.5. The summed E-state index contributed by atoms with van der Waals surface area (Å²) in [5.74, 6) is 1.13. The molecule has 2 atom stereocenters. The van der Waals surface area contributed by atoms with Crippen LogP contribution in [0.4, 0.5) is 4.39 Å². The minimum absolute atomic E-state index is 0.0111. The van der Waals surface area contributed by atoms with Gasteiger partial charge in [-0.3, -0.25) is 9.69 Å². The summed E-state index contributed by atoms with van der Waals surface area (Å²) in [5, 5.41) is 0. The maximum atomic E-state index is 13.5. The Bertz CT molecular complexity index is 823. The molecule has 1 heterocycles. The summed E-state index contributed by atoms with van der Waals surface area (Å²) in [4.78, 5) is 17.3. The van der Waals surface area contributed by atoms with Crippen molar-refractivity contribution >= 4 is 5.91 Å². The molecular formula is C22H27FN2O3. The second-order valence-corrected chi connectivity index (χ2v) is 7.22. The Morgan fingerprint density at radius 1 is 1.14 bits per heavy atom. The zero-order valence-electron chi connectivity index (χ0n) is 16.8. The first-order valence-corrected chi connectivity index (χ1v) is 9.40. The van der Waals surface area contributed by atoms with E-state index in [1.807, 2.05) is 42.1 Å². The van der Waals surface area contributed by atoms with E-state index in [-0.39, 0.29) is 17.8 Å². The normalized spacial score (nSPS) is 17.6. The molecule has 6 heteroatoms. The van der Waals surface area contributed by atoms with Gasteiger partial charge in [-0.1, -0.05) is 12.1 Å². The van der Waals surface area contributed by atoms with E-state index in [9.17, 15) is 9.18 Å². The summed E-state index contributed by atoms with van der Waals surface area (Å²) < 4.78 is 24.2. The van der Waals surface area contributed by atoms with Gasteiger partial charge in [0.1, 0.15) is 23.4 Å². The number of halogens is 1. The SMILES string of the molecule is COc1ccc([C@@H]2CCCN2C(=O)[C@@H](c2ccc(F)cc2)N(C)C)c(OC)c1. The van der Waals surface area contributed by atoms with Crippen molar-refractivity contribution in [2.45, 2.75) is 24.9 Å². The molecule has 0 saturated carbocycles. The molecule has 5 nitrogen and oxygen atoms in total. The molecule has 1 amide bonds. The number of hydrogen-bond donors (Lipinski definition) is 0. The minimum Gasteiger partial charge on any atom is -0.497 e. The Balaban J connectivity index is 1.92. The van der Waals surface area contributed by atoms with E-state index in [0.29, 0.717) is 18.0 Å². The van der Waals surface area contributed by atoms with Gasteiger partial charge < -0.3 is 14.4 Å². The quantitative estimate of drug-likeness (QED) is 0.757.